The molecule has 152 valence electrons. The van der Waals surface area contributed by atoms with Crippen molar-refractivity contribution >= 4 is 17.3 Å². The van der Waals surface area contributed by atoms with Gasteiger partial charge in [0.1, 0.15) is 11.5 Å². The smallest absolute Gasteiger partial charge is 0.219 e. The monoisotopic (exact) mass is 410 g/mol. The number of rotatable bonds is 8. The van der Waals surface area contributed by atoms with Gasteiger partial charge in [-0.05, 0) is 55.8 Å². The number of benzene rings is 1. The molecule has 0 spiro atoms. The van der Waals surface area contributed by atoms with Gasteiger partial charge in [0.15, 0.2) is 5.96 Å². The van der Waals surface area contributed by atoms with Crippen LogP contribution >= 0.6 is 11.3 Å². The van der Waals surface area contributed by atoms with Gasteiger partial charge in [0.2, 0.25) is 5.88 Å². The molecule has 3 rings (SSSR count). The Morgan fingerprint density at radius 3 is 2.45 bits per heavy atom. The van der Waals surface area contributed by atoms with Crippen LogP contribution in [0.1, 0.15) is 22.2 Å². The highest BCUT2D eigenvalue weighted by Crippen LogP contribution is 2.22. The van der Waals surface area contributed by atoms with Gasteiger partial charge < -0.3 is 20.1 Å². The maximum atomic E-state index is 5.76. The van der Waals surface area contributed by atoms with E-state index < -0.39 is 0 Å². The van der Waals surface area contributed by atoms with E-state index in [0.29, 0.717) is 18.2 Å². The summed E-state index contributed by atoms with van der Waals surface area (Å²) in [5.41, 5.74) is 1.01. The van der Waals surface area contributed by atoms with E-state index >= 15 is 0 Å². The Labute approximate surface area is 175 Å². The summed E-state index contributed by atoms with van der Waals surface area (Å²) in [7, 11) is 1.64. The first-order chi connectivity index (χ1) is 14.2. The van der Waals surface area contributed by atoms with E-state index in [1.165, 1.54) is 9.75 Å². The van der Waals surface area contributed by atoms with Crippen LogP contribution in [0.4, 0.5) is 0 Å². The molecule has 0 aliphatic heterocycles. The van der Waals surface area contributed by atoms with Crippen molar-refractivity contribution in [2.45, 2.75) is 26.9 Å². The minimum atomic E-state index is 0.536. The van der Waals surface area contributed by atoms with Crippen LogP contribution in [0.15, 0.2) is 59.7 Å². The Morgan fingerprint density at radius 1 is 1.03 bits per heavy atom. The fourth-order valence-corrected chi connectivity index (χ4v) is 3.42. The summed E-state index contributed by atoms with van der Waals surface area (Å²) in [4.78, 5) is 11.6. The molecule has 0 bridgehead atoms. The Balaban J connectivity index is 1.56. The van der Waals surface area contributed by atoms with Gasteiger partial charge in [-0.25, -0.2) is 9.98 Å². The van der Waals surface area contributed by atoms with Gasteiger partial charge in [0.25, 0.3) is 0 Å². The molecule has 0 atom stereocenters. The van der Waals surface area contributed by atoms with Crippen molar-refractivity contribution < 1.29 is 9.47 Å². The van der Waals surface area contributed by atoms with Gasteiger partial charge >= 0.3 is 0 Å². The summed E-state index contributed by atoms with van der Waals surface area (Å²) in [6, 6.07) is 15.5. The van der Waals surface area contributed by atoms with E-state index in [-0.39, 0.29) is 0 Å². The third kappa shape index (κ3) is 6.50. The third-order valence-electron chi connectivity index (χ3n) is 4.07. The molecular formula is C22H26N4O2S. The maximum absolute atomic E-state index is 5.76. The quantitative estimate of drug-likeness (QED) is 0.422. The second-order valence-corrected chi connectivity index (χ2v) is 7.72. The van der Waals surface area contributed by atoms with E-state index in [4.69, 9.17) is 9.47 Å². The highest BCUT2D eigenvalue weighted by Gasteiger charge is 2.03. The molecule has 0 aliphatic carbocycles. The lowest BCUT2D eigenvalue weighted by molar-refractivity contribution is 0.412. The number of nitrogens with zero attached hydrogens (tertiary/aromatic N) is 2. The highest BCUT2D eigenvalue weighted by molar-refractivity contribution is 7.11. The van der Waals surface area contributed by atoms with Crippen molar-refractivity contribution in [1.82, 2.24) is 15.6 Å². The first-order valence-electron chi connectivity index (χ1n) is 9.50. The molecule has 1 aromatic carbocycles. The molecule has 0 radical (unpaired) electrons. The fourth-order valence-electron chi connectivity index (χ4n) is 2.59. The normalized spacial score (nSPS) is 11.2. The van der Waals surface area contributed by atoms with Crippen molar-refractivity contribution in [2.24, 2.45) is 4.99 Å². The standard InChI is InChI=1S/C22H26N4O2S/c1-4-23-22(26-15-20-11-5-16(2)29-20)25-14-17-6-12-21(24-13-17)28-19-9-7-18(27-3)8-10-19/h5-13H,4,14-15H2,1-3H3,(H2,23,25,26). The second-order valence-electron chi connectivity index (χ2n) is 6.34. The zero-order valence-electron chi connectivity index (χ0n) is 16.9. The summed E-state index contributed by atoms with van der Waals surface area (Å²) in [6.07, 6.45) is 1.79. The van der Waals surface area contributed by atoms with Crippen LogP contribution in [-0.4, -0.2) is 24.6 Å². The Bertz CT molecular complexity index is 921. The van der Waals surface area contributed by atoms with E-state index in [1.54, 1.807) is 24.6 Å². The molecule has 0 amide bonds. The maximum Gasteiger partial charge on any atom is 0.219 e. The molecule has 2 N–H and O–H groups in total. The van der Waals surface area contributed by atoms with Crippen molar-refractivity contribution in [3.8, 4) is 17.4 Å². The zero-order valence-corrected chi connectivity index (χ0v) is 17.8. The van der Waals surface area contributed by atoms with Crippen LogP contribution in [0.3, 0.4) is 0 Å². The van der Waals surface area contributed by atoms with Crippen molar-refractivity contribution in [2.75, 3.05) is 13.7 Å². The van der Waals surface area contributed by atoms with Gasteiger partial charge in [-0.3, -0.25) is 0 Å². The fraction of sp³-hybridized carbons (Fsp3) is 0.273. The lowest BCUT2D eigenvalue weighted by Gasteiger charge is -2.10. The first-order valence-corrected chi connectivity index (χ1v) is 10.3. The SMILES string of the molecule is CCNC(=NCc1ccc(Oc2ccc(OC)cc2)nc1)NCc1ccc(C)s1. The number of nitrogens with one attached hydrogen (secondary N) is 2. The van der Waals surface area contributed by atoms with Gasteiger partial charge in [0.05, 0.1) is 20.2 Å². The number of aliphatic imine (C=N–C) groups is 1. The number of aromatic nitrogens is 1. The molecule has 0 saturated carbocycles. The number of thiophene rings is 1. The van der Waals surface area contributed by atoms with E-state index in [0.717, 1.165) is 30.4 Å². The Kier molecular flexibility index (Phi) is 7.47. The van der Waals surface area contributed by atoms with Crippen molar-refractivity contribution in [1.29, 1.82) is 0 Å². The molecule has 2 heterocycles. The number of pyridine rings is 1. The Hall–Kier alpha value is -3.06. The van der Waals surface area contributed by atoms with Crippen LogP contribution in [0, 0.1) is 6.92 Å². The summed E-state index contributed by atoms with van der Waals surface area (Å²) in [5.74, 6) is 2.84. The molecule has 0 saturated heterocycles. The molecule has 0 fully saturated rings. The van der Waals surface area contributed by atoms with Gasteiger partial charge in [0, 0.05) is 28.6 Å². The van der Waals surface area contributed by atoms with E-state index in [9.17, 15) is 0 Å². The van der Waals surface area contributed by atoms with Gasteiger partial charge in [-0.2, -0.15) is 0 Å². The minimum Gasteiger partial charge on any atom is -0.497 e. The molecule has 29 heavy (non-hydrogen) atoms. The molecule has 6 nitrogen and oxygen atoms in total. The van der Waals surface area contributed by atoms with Crippen molar-refractivity contribution in [3.05, 3.63) is 70.0 Å². The lowest BCUT2D eigenvalue weighted by Crippen LogP contribution is -2.36. The van der Waals surface area contributed by atoms with Gasteiger partial charge in [-0.1, -0.05) is 6.07 Å². The minimum absolute atomic E-state index is 0.536. The number of methoxy groups -OCH3 is 1. The molecule has 2 aromatic heterocycles. The summed E-state index contributed by atoms with van der Waals surface area (Å²) in [5, 5.41) is 6.64. The number of hydrogen-bond acceptors (Lipinski definition) is 5. The predicted molar refractivity (Wildman–Crippen MR) is 118 cm³/mol. The van der Waals surface area contributed by atoms with Crippen molar-refractivity contribution in [3.63, 3.8) is 0 Å². The summed E-state index contributed by atoms with van der Waals surface area (Å²) >= 11 is 1.79. The highest BCUT2D eigenvalue weighted by atomic mass is 32.1. The molecule has 0 unspecified atom stereocenters. The predicted octanol–water partition coefficient (Wildman–Crippen LogP) is 4.51. The summed E-state index contributed by atoms with van der Waals surface area (Å²) in [6.45, 7) is 6.27. The van der Waals surface area contributed by atoms with Crippen LogP contribution < -0.4 is 20.1 Å². The lowest BCUT2D eigenvalue weighted by atomic mass is 10.3. The van der Waals surface area contributed by atoms with Crippen LogP contribution in [0.5, 0.6) is 17.4 Å². The number of hydrogen-bond donors (Lipinski definition) is 2. The van der Waals surface area contributed by atoms with E-state index in [1.807, 2.05) is 36.4 Å². The summed E-state index contributed by atoms with van der Waals surface area (Å²) < 4.78 is 10.9. The topological polar surface area (TPSA) is 67.8 Å². The van der Waals surface area contributed by atoms with Crippen LogP contribution in [-0.2, 0) is 13.1 Å². The molecular weight excluding hydrogens is 384 g/mol. The van der Waals surface area contributed by atoms with Crippen LogP contribution in [0.2, 0.25) is 0 Å². The van der Waals surface area contributed by atoms with Crippen LogP contribution in [0.25, 0.3) is 0 Å². The molecule has 0 aliphatic rings. The van der Waals surface area contributed by atoms with E-state index in [2.05, 4.69) is 46.6 Å². The molecule has 7 heteroatoms. The van der Waals surface area contributed by atoms with Gasteiger partial charge in [-0.15, -0.1) is 11.3 Å². The number of ether oxygens (including phenoxy) is 2. The zero-order chi connectivity index (χ0) is 20.5. The Morgan fingerprint density at radius 2 is 1.83 bits per heavy atom. The number of aryl methyl sites for hydroxylation is 1. The largest absolute Gasteiger partial charge is 0.497 e. The number of guanidine groups is 1. The first kappa shape index (κ1) is 20.7. The third-order valence-corrected chi connectivity index (χ3v) is 5.07. The second kappa shape index (κ2) is 10.5. The average Bonchev–Trinajstić information content (AvgIpc) is 3.17. The molecule has 3 aromatic rings. The average molecular weight is 411 g/mol.